The molecule has 1 saturated heterocycles. The summed E-state index contributed by atoms with van der Waals surface area (Å²) in [7, 11) is 7.31. The third-order valence-corrected chi connectivity index (χ3v) is 3.88. The van der Waals surface area contributed by atoms with Gasteiger partial charge in [0.2, 0.25) is 5.88 Å². The summed E-state index contributed by atoms with van der Waals surface area (Å²) in [6.45, 7) is 4.89. The zero-order valence-corrected chi connectivity index (χ0v) is 12.8. The van der Waals surface area contributed by atoms with Gasteiger partial charge in [-0.2, -0.15) is 0 Å². The second-order valence-electron chi connectivity index (χ2n) is 5.42. The molecular weight excluding hydrogens is 275 g/mol. The highest BCUT2D eigenvalue weighted by atomic mass is 16.5. The van der Waals surface area contributed by atoms with Crippen LogP contribution < -0.4 is 15.1 Å². The number of methoxy groups -OCH3 is 1. The van der Waals surface area contributed by atoms with Crippen molar-refractivity contribution >= 4 is 19.1 Å². The molecule has 0 unspecified atom stereocenters. The summed E-state index contributed by atoms with van der Waals surface area (Å²) in [5, 5.41) is 0. The van der Waals surface area contributed by atoms with Crippen LogP contribution in [-0.2, 0) is 6.54 Å². The highest BCUT2D eigenvalue weighted by Crippen LogP contribution is 2.14. The lowest BCUT2D eigenvalue weighted by molar-refractivity contribution is 0.249. The molecule has 2 aromatic heterocycles. The van der Waals surface area contributed by atoms with E-state index in [1.807, 2.05) is 24.4 Å². The monoisotopic (exact) mass is 294 g/mol. The molecule has 5 nitrogen and oxygen atoms in total. The number of hydrogen-bond donors (Lipinski definition) is 0. The number of nitrogens with zero attached hydrogens (tertiary/aromatic N) is 4. The van der Waals surface area contributed by atoms with Crippen LogP contribution in [0.25, 0.3) is 0 Å². The first kappa shape index (κ1) is 14.8. The summed E-state index contributed by atoms with van der Waals surface area (Å²) in [4.78, 5) is 13.4. The van der Waals surface area contributed by atoms with Crippen LogP contribution in [0.2, 0.25) is 0 Å². The lowest BCUT2D eigenvalue weighted by atomic mass is 9.99. The quantitative estimate of drug-likeness (QED) is 0.773. The standard InChI is InChI=1S/C16H19BN4O/c1-22-16-5-2-13(10-19-16)12-20-6-8-21(9-7-20)15-4-3-14(17)11-18-15/h2-5,10-11H,6-9,12H2,1H3. The van der Waals surface area contributed by atoms with E-state index in [4.69, 9.17) is 12.6 Å². The Kier molecular flexibility index (Phi) is 4.58. The number of anilines is 1. The smallest absolute Gasteiger partial charge is 0.212 e. The second-order valence-corrected chi connectivity index (χ2v) is 5.42. The molecule has 3 rings (SSSR count). The molecule has 0 bridgehead atoms. The van der Waals surface area contributed by atoms with E-state index in [-0.39, 0.29) is 0 Å². The van der Waals surface area contributed by atoms with Gasteiger partial charge in [0.25, 0.3) is 0 Å². The molecule has 0 aromatic carbocycles. The Morgan fingerprint density at radius 2 is 1.86 bits per heavy atom. The van der Waals surface area contributed by atoms with Crippen LogP contribution in [0.4, 0.5) is 5.82 Å². The predicted molar refractivity (Wildman–Crippen MR) is 87.9 cm³/mol. The normalized spacial score (nSPS) is 15.8. The van der Waals surface area contributed by atoms with Crippen molar-refractivity contribution in [1.29, 1.82) is 0 Å². The van der Waals surface area contributed by atoms with Crippen molar-refractivity contribution < 1.29 is 4.74 Å². The fourth-order valence-electron chi connectivity index (χ4n) is 2.60. The van der Waals surface area contributed by atoms with E-state index < -0.39 is 0 Å². The fourth-order valence-corrected chi connectivity index (χ4v) is 2.60. The molecular formula is C16H19BN4O. The zero-order valence-electron chi connectivity index (χ0n) is 12.8. The van der Waals surface area contributed by atoms with Crippen molar-refractivity contribution in [3.8, 4) is 5.88 Å². The topological polar surface area (TPSA) is 41.5 Å². The molecule has 1 fully saturated rings. The van der Waals surface area contributed by atoms with Crippen LogP contribution >= 0.6 is 0 Å². The van der Waals surface area contributed by atoms with Gasteiger partial charge in [0.15, 0.2) is 0 Å². The van der Waals surface area contributed by atoms with Gasteiger partial charge >= 0.3 is 0 Å². The molecule has 0 atom stereocenters. The molecule has 3 heterocycles. The van der Waals surface area contributed by atoms with E-state index in [2.05, 4.69) is 25.8 Å². The molecule has 0 saturated carbocycles. The maximum absolute atomic E-state index is 5.68. The van der Waals surface area contributed by atoms with Gasteiger partial charge in [0.1, 0.15) is 13.7 Å². The maximum Gasteiger partial charge on any atom is 0.212 e. The minimum Gasteiger partial charge on any atom is -0.481 e. The SMILES string of the molecule is [B]c1ccc(N2CCN(Cc3ccc(OC)nc3)CC2)nc1. The van der Waals surface area contributed by atoms with Crippen molar-refractivity contribution in [3.05, 3.63) is 42.2 Å². The van der Waals surface area contributed by atoms with Gasteiger partial charge < -0.3 is 9.64 Å². The van der Waals surface area contributed by atoms with Crippen LogP contribution in [-0.4, -0.2) is 56.0 Å². The molecule has 2 aromatic rings. The summed E-state index contributed by atoms with van der Waals surface area (Å²) < 4.78 is 5.08. The van der Waals surface area contributed by atoms with Gasteiger partial charge in [0.05, 0.1) is 7.11 Å². The Balaban J connectivity index is 1.53. The third kappa shape index (κ3) is 3.57. The fraction of sp³-hybridized carbons (Fsp3) is 0.375. The van der Waals surface area contributed by atoms with Gasteiger partial charge in [-0.05, 0) is 11.6 Å². The van der Waals surface area contributed by atoms with Crippen LogP contribution in [0.3, 0.4) is 0 Å². The summed E-state index contributed by atoms with van der Waals surface area (Å²) in [6, 6.07) is 7.86. The maximum atomic E-state index is 5.68. The van der Waals surface area contributed by atoms with E-state index in [0.29, 0.717) is 11.3 Å². The minimum absolute atomic E-state index is 0.656. The Morgan fingerprint density at radius 3 is 2.45 bits per heavy atom. The Labute approximate surface area is 132 Å². The number of piperazine rings is 1. The first-order valence-electron chi connectivity index (χ1n) is 7.42. The first-order valence-corrected chi connectivity index (χ1v) is 7.42. The highest BCUT2D eigenvalue weighted by molar-refractivity contribution is 6.32. The molecule has 0 aliphatic carbocycles. The summed E-state index contributed by atoms with van der Waals surface area (Å²) in [6.07, 6.45) is 3.59. The third-order valence-electron chi connectivity index (χ3n) is 3.88. The van der Waals surface area contributed by atoms with Crippen molar-refractivity contribution in [2.75, 3.05) is 38.2 Å². The van der Waals surface area contributed by atoms with Crippen LogP contribution in [0, 0.1) is 0 Å². The Morgan fingerprint density at radius 1 is 1.05 bits per heavy atom. The number of pyridine rings is 2. The van der Waals surface area contributed by atoms with Crippen LogP contribution in [0.15, 0.2) is 36.7 Å². The molecule has 0 amide bonds. The number of rotatable bonds is 4. The van der Waals surface area contributed by atoms with Crippen molar-refractivity contribution in [2.45, 2.75) is 6.54 Å². The number of hydrogen-bond acceptors (Lipinski definition) is 5. The molecule has 6 heteroatoms. The zero-order chi connectivity index (χ0) is 15.4. The number of aromatic nitrogens is 2. The first-order chi connectivity index (χ1) is 10.7. The minimum atomic E-state index is 0.656. The second kappa shape index (κ2) is 6.79. The summed E-state index contributed by atoms with van der Waals surface area (Å²) in [5.74, 6) is 1.66. The average molecular weight is 294 g/mol. The van der Waals surface area contributed by atoms with Crippen molar-refractivity contribution in [2.24, 2.45) is 0 Å². The van der Waals surface area contributed by atoms with Gasteiger partial charge in [-0.25, -0.2) is 9.97 Å². The molecule has 22 heavy (non-hydrogen) atoms. The van der Waals surface area contributed by atoms with Gasteiger partial charge in [-0.1, -0.05) is 17.6 Å². The number of ether oxygens (including phenoxy) is 1. The van der Waals surface area contributed by atoms with Crippen molar-refractivity contribution in [3.63, 3.8) is 0 Å². The van der Waals surface area contributed by atoms with Crippen LogP contribution in [0.5, 0.6) is 5.88 Å². The van der Waals surface area contributed by atoms with E-state index in [0.717, 1.165) is 38.5 Å². The molecule has 0 spiro atoms. The Hall–Kier alpha value is -2.08. The molecule has 0 N–H and O–H groups in total. The van der Waals surface area contributed by atoms with Crippen molar-refractivity contribution in [1.82, 2.24) is 14.9 Å². The van der Waals surface area contributed by atoms with E-state index in [1.54, 1.807) is 13.3 Å². The predicted octanol–water partition coefficient (Wildman–Crippen LogP) is 0.601. The molecule has 1 aliphatic heterocycles. The van der Waals surface area contributed by atoms with E-state index in [9.17, 15) is 0 Å². The largest absolute Gasteiger partial charge is 0.481 e. The van der Waals surface area contributed by atoms with E-state index >= 15 is 0 Å². The Bertz CT molecular complexity index is 595. The van der Waals surface area contributed by atoms with Crippen LogP contribution in [0.1, 0.15) is 5.56 Å². The van der Waals surface area contributed by atoms with Gasteiger partial charge in [-0.3, -0.25) is 4.90 Å². The van der Waals surface area contributed by atoms with Gasteiger partial charge in [-0.15, -0.1) is 0 Å². The summed E-state index contributed by atoms with van der Waals surface area (Å²) >= 11 is 0. The van der Waals surface area contributed by atoms with Gasteiger partial charge in [0, 0.05) is 51.2 Å². The molecule has 2 radical (unpaired) electrons. The van der Waals surface area contributed by atoms with E-state index in [1.165, 1.54) is 5.56 Å². The highest BCUT2D eigenvalue weighted by Gasteiger charge is 2.18. The average Bonchev–Trinajstić information content (AvgIpc) is 2.57. The summed E-state index contributed by atoms with van der Waals surface area (Å²) in [5.41, 5.74) is 1.91. The lowest BCUT2D eigenvalue weighted by Gasteiger charge is -2.35. The molecule has 112 valence electrons. The lowest BCUT2D eigenvalue weighted by Crippen LogP contribution is -2.46. The molecule has 1 aliphatic rings.